The van der Waals surface area contributed by atoms with Crippen molar-refractivity contribution in [1.82, 2.24) is 4.90 Å². The van der Waals surface area contributed by atoms with Gasteiger partial charge in [-0.3, -0.25) is 4.99 Å². The molecular weight excluding hydrogens is 379 g/mol. The maximum absolute atomic E-state index is 5.84. The molecule has 0 unspecified atom stereocenters. The summed E-state index contributed by atoms with van der Waals surface area (Å²) in [5.41, 5.74) is 6.75. The molecule has 0 aliphatic rings. The van der Waals surface area contributed by atoms with Gasteiger partial charge in [-0.25, -0.2) is 0 Å². The number of nitrogens with two attached hydrogens (primary N) is 1. The summed E-state index contributed by atoms with van der Waals surface area (Å²) in [6.45, 7) is 8.73. The summed E-state index contributed by atoms with van der Waals surface area (Å²) in [7, 11) is 2.06. The van der Waals surface area contributed by atoms with E-state index in [9.17, 15) is 0 Å². The smallest absolute Gasteiger partial charge is 0.193 e. The Bertz CT molecular complexity index is 420. The molecule has 0 radical (unpaired) electrons. The summed E-state index contributed by atoms with van der Waals surface area (Å²) in [4.78, 5) is 6.48. The maximum Gasteiger partial charge on any atom is 0.193 e. The van der Waals surface area contributed by atoms with Gasteiger partial charge in [0.2, 0.25) is 0 Å². The number of aliphatic imine (C=N–C) groups is 1. The van der Waals surface area contributed by atoms with Crippen LogP contribution in [0.3, 0.4) is 0 Å². The first-order valence-corrected chi connectivity index (χ1v) is 7.03. The molecule has 6 heteroatoms. The van der Waals surface area contributed by atoms with Crippen molar-refractivity contribution >= 4 is 35.6 Å². The quantitative estimate of drug-likeness (QED) is 0.415. The van der Waals surface area contributed by atoms with Gasteiger partial charge < -0.3 is 20.7 Å². The molecule has 21 heavy (non-hydrogen) atoms. The Labute approximate surface area is 145 Å². The molecule has 1 aromatic carbocycles. The van der Waals surface area contributed by atoms with Gasteiger partial charge in [-0.1, -0.05) is 6.92 Å². The Morgan fingerprint density at radius 3 is 2.48 bits per heavy atom. The van der Waals surface area contributed by atoms with E-state index < -0.39 is 0 Å². The van der Waals surface area contributed by atoms with Crippen LogP contribution < -0.4 is 15.8 Å². The van der Waals surface area contributed by atoms with E-state index in [1.165, 1.54) is 0 Å². The van der Waals surface area contributed by atoms with Crippen LogP contribution in [0.5, 0.6) is 5.75 Å². The van der Waals surface area contributed by atoms with Crippen molar-refractivity contribution in [3.05, 3.63) is 24.3 Å². The Morgan fingerprint density at radius 1 is 1.33 bits per heavy atom. The zero-order valence-corrected chi connectivity index (χ0v) is 15.6. The largest absolute Gasteiger partial charge is 0.491 e. The number of ether oxygens (including phenoxy) is 1. The third-order valence-corrected chi connectivity index (χ3v) is 2.80. The molecule has 3 N–H and O–H groups in total. The first-order chi connectivity index (χ1) is 9.51. The van der Waals surface area contributed by atoms with Crippen molar-refractivity contribution in [3.8, 4) is 5.75 Å². The van der Waals surface area contributed by atoms with Gasteiger partial charge in [-0.15, -0.1) is 24.0 Å². The second kappa shape index (κ2) is 10.7. The van der Waals surface area contributed by atoms with Gasteiger partial charge in [0.25, 0.3) is 0 Å². The Balaban J connectivity index is 0.00000400. The van der Waals surface area contributed by atoms with Crippen LogP contribution in [0.2, 0.25) is 0 Å². The fourth-order valence-electron chi connectivity index (χ4n) is 1.58. The number of hydrogen-bond acceptors (Lipinski definition) is 3. The van der Waals surface area contributed by atoms with Crippen molar-refractivity contribution in [1.29, 1.82) is 0 Å². The van der Waals surface area contributed by atoms with Crippen molar-refractivity contribution in [2.45, 2.75) is 26.9 Å². The molecule has 0 amide bonds. The Kier molecular flexibility index (Phi) is 10.2. The minimum Gasteiger partial charge on any atom is -0.491 e. The molecule has 120 valence electrons. The summed E-state index contributed by atoms with van der Waals surface area (Å²) < 4.78 is 5.58. The highest BCUT2D eigenvalue weighted by atomic mass is 127. The molecule has 0 aliphatic heterocycles. The SMILES string of the molecule is CCN(C)CCN=C(N)Nc1ccc(OC(C)C)cc1.I. The first kappa shape index (κ1) is 20.0. The highest BCUT2D eigenvalue weighted by molar-refractivity contribution is 14.0. The molecule has 1 aromatic rings. The fourth-order valence-corrected chi connectivity index (χ4v) is 1.58. The van der Waals surface area contributed by atoms with E-state index in [-0.39, 0.29) is 30.1 Å². The molecular formula is C15H27IN4O. The molecule has 0 bridgehead atoms. The van der Waals surface area contributed by atoms with Gasteiger partial charge in [0, 0.05) is 12.2 Å². The second-order valence-corrected chi connectivity index (χ2v) is 4.98. The number of hydrogen-bond donors (Lipinski definition) is 2. The predicted octanol–water partition coefficient (Wildman–Crippen LogP) is 2.77. The van der Waals surface area contributed by atoms with E-state index in [0.717, 1.165) is 24.5 Å². The lowest BCUT2D eigenvalue weighted by Gasteiger charge is -2.12. The zero-order chi connectivity index (χ0) is 15.0. The molecule has 0 saturated heterocycles. The average molecular weight is 406 g/mol. The van der Waals surface area contributed by atoms with E-state index in [1.807, 2.05) is 38.1 Å². The number of guanidine groups is 1. The van der Waals surface area contributed by atoms with Crippen LogP contribution in [-0.2, 0) is 0 Å². The minimum absolute atomic E-state index is 0. The molecule has 0 aliphatic carbocycles. The van der Waals surface area contributed by atoms with Crippen molar-refractivity contribution < 1.29 is 4.74 Å². The van der Waals surface area contributed by atoms with E-state index >= 15 is 0 Å². The fraction of sp³-hybridized carbons (Fsp3) is 0.533. The van der Waals surface area contributed by atoms with Crippen LogP contribution in [0.1, 0.15) is 20.8 Å². The third kappa shape index (κ3) is 8.77. The third-order valence-electron chi connectivity index (χ3n) is 2.80. The van der Waals surface area contributed by atoms with Crippen LogP contribution in [-0.4, -0.2) is 43.6 Å². The lowest BCUT2D eigenvalue weighted by molar-refractivity contribution is 0.242. The lowest BCUT2D eigenvalue weighted by atomic mass is 10.3. The van der Waals surface area contributed by atoms with E-state index in [2.05, 4.69) is 29.2 Å². The number of nitrogens with one attached hydrogen (secondary N) is 1. The van der Waals surface area contributed by atoms with Gasteiger partial charge in [0.1, 0.15) is 5.75 Å². The molecule has 0 atom stereocenters. The van der Waals surface area contributed by atoms with Gasteiger partial charge in [-0.05, 0) is 51.7 Å². The summed E-state index contributed by atoms with van der Waals surface area (Å²) in [5, 5.41) is 3.07. The average Bonchev–Trinajstić information content (AvgIpc) is 2.40. The normalized spacial score (nSPS) is 11.4. The van der Waals surface area contributed by atoms with E-state index in [0.29, 0.717) is 12.5 Å². The Hall–Kier alpha value is -1.02. The first-order valence-electron chi connectivity index (χ1n) is 7.03. The summed E-state index contributed by atoms with van der Waals surface area (Å²) in [5.74, 6) is 1.29. The van der Waals surface area contributed by atoms with Gasteiger partial charge in [-0.2, -0.15) is 0 Å². The number of nitrogens with zero attached hydrogens (tertiary/aromatic N) is 2. The Morgan fingerprint density at radius 2 is 1.95 bits per heavy atom. The monoisotopic (exact) mass is 406 g/mol. The van der Waals surface area contributed by atoms with Crippen LogP contribution in [0.15, 0.2) is 29.3 Å². The number of likely N-dealkylation sites (N-methyl/N-ethyl adjacent to an activating group) is 1. The van der Waals surface area contributed by atoms with Crippen LogP contribution in [0.25, 0.3) is 0 Å². The molecule has 0 spiro atoms. The predicted molar refractivity (Wildman–Crippen MR) is 101 cm³/mol. The second-order valence-electron chi connectivity index (χ2n) is 4.98. The van der Waals surface area contributed by atoms with Crippen molar-refractivity contribution in [3.63, 3.8) is 0 Å². The zero-order valence-electron chi connectivity index (χ0n) is 13.3. The number of benzene rings is 1. The molecule has 0 heterocycles. The van der Waals surface area contributed by atoms with Crippen LogP contribution in [0, 0.1) is 0 Å². The van der Waals surface area contributed by atoms with Crippen molar-refractivity contribution in [2.24, 2.45) is 10.7 Å². The van der Waals surface area contributed by atoms with E-state index in [1.54, 1.807) is 0 Å². The lowest BCUT2D eigenvalue weighted by Crippen LogP contribution is -2.26. The van der Waals surface area contributed by atoms with E-state index in [4.69, 9.17) is 10.5 Å². The molecule has 0 aromatic heterocycles. The minimum atomic E-state index is 0. The van der Waals surface area contributed by atoms with Crippen LogP contribution in [0.4, 0.5) is 5.69 Å². The number of halogens is 1. The highest BCUT2D eigenvalue weighted by Gasteiger charge is 1.99. The maximum atomic E-state index is 5.84. The number of anilines is 1. The van der Waals surface area contributed by atoms with Gasteiger partial charge in [0.05, 0.1) is 12.6 Å². The topological polar surface area (TPSA) is 62.9 Å². The molecule has 5 nitrogen and oxygen atoms in total. The summed E-state index contributed by atoms with van der Waals surface area (Å²) >= 11 is 0. The van der Waals surface area contributed by atoms with Gasteiger partial charge in [0.15, 0.2) is 5.96 Å². The summed E-state index contributed by atoms with van der Waals surface area (Å²) in [6, 6.07) is 7.69. The summed E-state index contributed by atoms with van der Waals surface area (Å²) in [6.07, 6.45) is 0.177. The molecule has 0 fully saturated rings. The molecule has 1 rings (SSSR count). The standard InChI is InChI=1S/C15H26N4O.HI/c1-5-19(4)11-10-17-15(16)18-13-6-8-14(9-7-13)20-12(2)3;/h6-9,12H,5,10-11H2,1-4H3,(H3,16,17,18);1H. The number of rotatable bonds is 7. The van der Waals surface area contributed by atoms with Crippen molar-refractivity contribution in [2.75, 3.05) is 32.0 Å². The molecule has 0 saturated carbocycles. The van der Waals surface area contributed by atoms with Crippen LogP contribution >= 0.6 is 24.0 Å². The van der Waals surface area contributed by atoms with Gasteiger partial charge >= 0.3 is 0 Å². The highest BCUT2D eigenvalue weighted by Crippen LogP contribution is 2.16.